The highest BCUT2D eigenvalue weighted by atomic mass is 32.2. The predicted molar refractivity (Wildman–Crippen MR) is 91.2 cm³/mol. The van der Waals surface area contributed by atoms with Crippen LogP contribution in [0.25, 0.3) is 0 Å². The van der Waals surface area contributed by atoms with E-state index in [1.807, 2.05) is 0 Å². The number of hydrogen-bond acceptors (Lipinski definition) is 4. The molecule has 1 aromatic carbocycles. The number of thiocarbonyl (C=S) groups is 1. The maximum Gasteiger partial charge on any atom is 0.243 e. The van der Waals surface area contributed by atoms with Gasteiger partial charge in [-0.1, -0.05) is 20.8 Å². The molecule has 22 heavy (non-hydrogen) atoms. The van der Waals surface area contributed by atoms with Gasteiger partial charge >= 0.3 is 0 Å². The van der Waals surface area contributed by atoms with Crippen molar-refractivity contribution in [3.63, 3.8) is 0 Å². The zero-order chi connectivity index (χ0) is 16.8. The summed E-state index contributed by atoms with van der Waals surface area (Å²) in [5.41, 5.74) is 0.611. The van der Waals surface area contributed by atoms with Crippen molar-refractivity contribution in [2.24, 2.45) is 0 Å². The van der Waals surface area contributed by atoms with Crippen LogP contribution in [-0.4, -0.2) is 36.8 Å². The Hall–Kier alpha value is -1.51. The van der Waals surface area contributed by atoms with E-state index in [2.05, 4.69) is 10.6 Å². The molecule has 0 aliphatic heterocycles. The van der Waals surface area contributed by atoms with Crippen molar-refractivity contribution in [2.45, 2.75) is 32.1 Å². The van der Waals surface area contributed by atoms with Crippen molar-refractivity contribution in [3.8, 4) is 0 Å². The average molecular weight is 343 g/mol. The molecule has 0 saturated carbocycles. The van der Waals surface area contributed by atoms with Crippen molar-refractivity contribution in [2.75, 3.05) is 18.4 Å². The van der Waals surface area contributed by atoms with Crippen LogP contribution in [-0.2, 0) is 14.8 Å². The highest BCUT2D eigenvalue weighted by Gasteiger charge is 2.21. The number of nitrogens with zero attached hydrogens (tertiary/aromatic N) is 1. The van der Waals surface area contributed by atoms with Gasteiger partial charge in [0.05, 0.1) is 4.90 Å². The Kier molecular flexibility index (Phi) is 6.92. The monoisotopic (exact) mass is 343 g/mol. The van der Waals surface area contributed by atoms with Crippen LogP contribution in [0.4, 0.5) is 5.69 Å². The molecule has 0 fully saturated rings. The summed E-state index contributed by atoms with van der Waals surface area (Å²) in [4.78, 5) is 11.4. The molecule has 0 radical (unpaired) electrons. The summed E-state index contributed by atoms with van der Waals surface area (Å²) in [5.74, 6) is -0.182. The number of sulfonamides is 1. The molecule has 0 aliphatic carbocycles. The molecule has 0 atom stereocenters. The maximum atomic E-state index is 12.3. The standard InChI is InChI=1S/C14H21N3O3S2/c1-4-13(18)16-14(21)15-11-7-9-12(10-8-11)22(19,20)17(5-2)6-3/h7-10H,4-6H2,1-3H3,(H2,15,16,18,21). The number of carbonyl (C=O) groups is 1. The number of nitrogens with one attached hydrogen (secondary N) is 2. The molecule has 8 heteroatoms. The first-order valence-electron chi connectivity index (χ1n) is 7.06. The predicted octanol–water partition coefficient (Wildman–Crippen LogP) is 1.94. The summed E-state index contributed by atoms with van der Waals surface area (Å²) in [5, 5.41) is 5.53. The summed E-state index contributed by atoms with van der Waals surface area (Å²) in [6.07, 6.45) is 0.336. The first-order chi connectivity index (χ1) is 10.3. The summed E-state index contributed by atoms with van der Waals surface area (Å²) < 4.78 is 26.1. The molecule has 1 amide bonds. The largest absolute Gasteiger partial charge is 0.332 e. The Bertz CT molecular complexity index is 623. The van der Waals surface area contributed by atoms with E-state index in [-0.39, 0.29) is 15.9 Å². The normalized spacial score (nSPS) is 11.3. The van der Waals surface area contributed by atoms with E-state index in [0.29, 0.717) is 25.2 Å². The van der Waals surface area contributed by atoms with Crippen LogP contribution in [0.5, 0.6) is 0 Å². The number of benzene rings is 1. The smallest absolute Gasteiger partial charge is 0.243 e. The van der Waals surface area contributed by atoms with Gasteiger partial charge in [0.25, 0.3) is 0 Å². The molecular formula is C14H21N3O3S2. The highest BCUT2D eigenvalue weighted by Crippen LogP contribution is 2.18. The zero-order valence-corrected chi connectivity index (χ0v) is 14.6. The minimum atomic E-state index is -3.47. The Labute approximate surface area is 136 Å². The van der Waals surface area contributed by atoms with Gasteiger partial charge in [-0.05, 0) is 36.5 Å². The summed E-state index contributed by atoms with van der Waals surface area (Å²) >= 11 is 4.99. The Morgan fingerprint density at radius 3 is 2.14 bits per heavy atom. The molecule has 0 bridgehead atoms. The Balaban J connectivity index is 2.83. The minimum absolute atomic E-state index is 0.182. The van der Waals surface area contributed by atoms with Gasteiger partial charge in [-0.2, -0.15) is 4.31 Å². The molecule has 6 nitrogen and oxygen atoms in total. The number of carbonyl (C=O) groups excluding carboxylic acids is 1. The van der Waals surface area contributed by atoms with Gasteiger partial charge in [-0.25, -0.2) is 8.42 Å². The molecule has 2 N–H and O–H groups in total. The van der Waals surface area contributed by atoms with Gasteiger partial charge in [0.2, 0.25) is 15.9 Å². The number of hydrogen-bond donors (Lipinski definition) is 2. The van der Waals surface area contributed by atoms with Gasteiger partial charge in [-0.15, -0.1) is 0 Å². The molecule has 122 valence electrons. The lowest BCUT2D eigenvalue weighted by Crippen LogP contribution is -2.33. The van der Waals surface area contributed by atoms with Crippen LogP contribution in [0, 0.1) is 0 Å². The fourth-order valence-corrected chi connectivity index (χ4v) is 3.49. The fraction of sp³-hybridized carbons (Fsp3) is 0.429. The molecule has 0 aliphatic rings. The summed E-state index contributed by atoms with van der Waals surface area (Å²) in [6, 6.07) is 6.25. The van der Waals surface area contributed by atoms with Crippen molar-refractivity contribution in [3.05, 3.63) is 24.3 Å². The average Bonchev–Trinajstić information content (AvgIpc) is 2.48. The third-order valence-corrected chi connectivity index (χ3v) is 5.30. The molecule has 0 heterocycles. The van der Waals surface area contributed by atoms with E-state index in [0.717, 1.165) is 0 Å². The van der Waals surface area contributed by atoms with E-state index < -0.39 is 10.0 Å². The lowest BCUT2D eigenvalue weighted by molar-refractivity contribution is -0.119. The van der Waals surface area contributed by atoms with E-state index in [9.17, 15) is 13.2 Å². The first kappa shape index (κ1) is 18.5. The van der Waals surface area contributed by atoms with Crippen LogP contribution in [0.15, 0.2) is 29.2 Å². The summed E-state index contributed by atoms with van der Waals surface area (Å²) in [7, 11) is -3.47. The first-order valence-corrected chi connectivity index (χ1v) is 8.91. The Morgan fingerprint density at radius 1 is 1.14 bits per heavy atom. The number of anilines is 1. The molecular weight excluding hydrogens is 322 g/mol. The molecule has 0 aromatic heterocycles. The Morgan fingerprint density at radius 2 is 1.68 bits per heavy atom. The van der Waals surface area contributed by atoms with Crippen molar-refractivity contribution < 1.29 is 13.2 Å². The second-order valence-corrected chi connectivity index (χ2v) is 6.82. The second-order valence-electron chi connectivity index (χ2n) is 4.47. The summed E-state index contributed by atoms with van der Waals surface area (Å²) in [6.45, 7) is 6.17. The third kappa shape index (κ3) is 4.75. The third-order valence-electron chi connectivity index (χ3n) is 3.03. The lowest BCUT2D eigenvalue weighted by Gasteiger charge is -2.18. The van der Waals surface area contributed by atoms with Crippen LogP contribution in [0.2, 0.25) is 0 Å². The SMILES string of the molecule is CCC(=O)NC(=S)Nc1ccc(S(=O)(=O)N(CC)CC)cc1. The molecule has 1 aromatic rings. The molecule has 0 spiro atoms. The van der Waals surface area contributed by atoms with Gasteiger partial charge < -0.3 is 10.6 Å². The molecule has 1 rings (SSSR count). The zero-order valence-electron chi connectivity index (χ0n) is 12.9. The molecule has 0 saturated heterocycles. The van der Waals surface area contributed by atoms with Gasteiger partial charge in [0, 0.05) is 25.2 Å². The van der Waals surface area contributed by atoms with E-state index in [4.69, 9.17) is 12.2 Å². The number of amides is 1. The van der Waals surface area contributed by atoms with Crippen LogP contribution >= 0.6 is 12.2 Å². The van der Waals surface area contributed by atoms with Crippen molar-refractivity contribution >= 4 is 38.9 Å². The van der Waals surface area contributed by atoms with Crippen LogP contribution < -0.4 is 10.6 Å². The van der Waals surface area contributed by atoms with Crippen molar-refractivity contribution in [1.29, 1.82) is 0 Å². The maximum absolute atomic E-state index is 12.3. The lowest BCUT2D eigenvalue weighted by atomic mass is 10.3. The van der Waals surface area contributed by atoms with E-state index >= 15 is 0 Å². The van der Waals surface area contributed by atoms with Gasteiger partial charge in [-0.3, -0.25) is 4.79 Å². The second kappa shape index (κ2) is 8.21. The quantitative estimate of drug-likeness (QED) is 0.772. The minimum Gasteiger partial charge on any atom is -0.332 e. The van der Waals surface area contributed by atoms with Crippen molar-refractivity contribution in [1.82, 2.24) is 9.62 Å². The highest BCUT2D eigenvalue weighted by molar-refractivity contribution is 7.89. The van der Waals surface area contributed by atoms with Gasteiger partial charge in [0.15, 0.2) is 5.11 Å². The fourth-order valence-electron chi connectivity index (χ4n) is 1.80. The van der Waals surface area contributed by atoms with Crippen LogP contribution in [0.3, 0.4) is 0 Å². The van der Waals surface area contributed by atoms with Crippen LogP contribution in [0.1, 0.15) is 27.2 Å². The van der Waals surface area contributed by atoms with Gasteiger partial charge in [0.1, 0.15) is 0 Å². The topological polar surface area (TPSA) is 78.5 Å². The van der Waals surface area contributed by atoms with E-state index in [1.54, 1.807) is 32.9 Å². The van der Waals surface area contributed by atoms with E-state index in [1.165, 1.54) is 16.4 Å². The number of rotatable bonds is 6. The molecule has 0 unspecified atom stereocenters.